The summed E-state index contributed by atoms with van der Waals surface area (Å²) in [7, 11) is 0. The molecule has 1 aromatic heterocycles. The molecule has 1 amide bonds. The summed E-state index contributed by atoms with van der Waals surface area (Å²) in [5.41, 5.74) is 9.97. The maximum atomic E-state index is 12.3. The Morgan fingerprint density at radius 2 is 2.16 bits per heavy atom. The van der Waals surface area contributed by atoms with E-state index in [1.807, 2.05) is 32.0 Å². The molecule has 3 rings (SSSR count). The summed E-state index contributed by atoms with van der Waals surface area (Å²) in [6.07, 6.45) is 3.32. The van der Waals surface area contributed by atoms with Crippen molar-refractivity contribution in [1.82, 2.24) is 9.88 Å². The topological polar surface area (TPSA) is 77.1 Å². The number of thiazole rings is 1. The van der Waals surface area contributed by atoms with Gasteiger partial charge >= 0.3 is 4.87 Å². The van der Waals surface area contributed by atoms with Gasteiger partial charge in [-0.15, -0.1) is 12.4 Å². The molecule has 1 heterocycles. The quantitative estimate of drug-likeness (QED) is 0.799. The normalized spacial score (nSPS) is 16.0. The van der Waals surface area contributed by atoms with Gasteiger partial charge in [-0.05, 0) is 56.4 Å². The lowest BCUT2D eigenvalue weighted by atomic mass is 9.87. The van der Waals surface area contributed by atoms with Crippen molar-refractivity contribution >= 4 is 35.3 Å². The molecule has 0 saturated heterocycles. The number of nitrogens with one attached hydrogen (secondary N) is 1. The van der Waals surface area contributed by atoms with Crippen LogP contribution in [0.5, 0.6) is 0 Å². The first kappa shape index (κ1) is 19.5. The van der Waals surface area contributed by atoms with Crippen LogP contribution in [-0.2, 0) is 17.8 Å². The Labute approximate surface area is 157 Å². The molecule has 136 valence electrons. The van der Waals surface area contributed by atoms with E-state index in [1.54, 1.807) is 4.57 Å². The molecule has 0 fully saturated rings. The predicted molar refractivity (Wildman–Crippen MR) is 105 cm³/mol. The fourth-order valence-electron chi connectivity index (χ4n) is 3.31. The summed E-state index contributed by atoms with van der Waals surface area (Å²) in [6, 6.07) is 5.96. The van der Waals surface area contributed by atoms with Crippen LogP contribution in [0.1, 0.15) is 47.0 Å². The highest BCUT2D eigenvalue weighted by molar-refractivity contribution is 7.09. The maximum Gasteiger partial charge on any atom is 0.307 e. The van der Waals surface area contributed by atoms with Gasteiger partial charge in [0.05, 0.1) is 6.04 Å². The van der Waals surface area contributed by atoms with Crippen LogP contribution in [0, 0.1) is 13.8 Å². The van der Waals surface area contributed by atoms with E-state index >= 15 is 0 Å². The van der Waals surface area contributed by atoms with E-state index in [9.17, 15) is 9.59 Å². The van der Waals surface area contributed by atoms with Crippen LogP contribution < -0.4 is 15.9 Å². The van der Waals surface area contributed by atoms with Crippen LogP contribution in [-0.4, -0.2) is 10.5 Å². The second kappa shape index (κ2) is 8.06. The van der Waals surface area contributed by atoms with Crippen molar-refractivity contribution in [1.29, 1.82) is 0 Å². The third-order valence-corrected chi connectivity index (χ3v) is 5.75. The van der Waals surface area contributed by atoms with Crippen molar-refractivity contribution in [2.75, 3.05) is 5.73 Å². The number of halogens is 1. The number of nitrogen functional groups attached to an aromatic ring is 1. The summed E-state index contributed by atoms with van der Waals surface area (Å²) >= 11 is 1.24. The molecular weight excluding hydrogens is 358 g/mol. The summed E-state index contributed by atoms with van der Waals surface area (Å²) in [6.45, 7) is 4.29. The average Bonchev–Trinajstić information content (AvgIpc) is 2.78. The van der Waals surface area contributed by atoms with Crippen molar-refractivity contribution in [2.45, 2.75) is 52.1 Å². The molecule has 0 spiro atoms. The second-order valence-electron chi connectivity index (χ2n) is 6.38. The first-order valence-electron chi connectivity index (χ1n) is 8.30. The molecule has 1 aromatic carbocycles. The number of benzene rings is 1. The molecule has 2 aromatic rings. The number of fused-ring (bicyclic) bond motifs is 1. The van der Waals surface area contributed by atoms with E-state index in [4.69, 9.17) is 5.73 Å². The van der Waals surface area contributed by atoms with Crippen molar-refractivity contribution in [3.05, 3.63) is 49.6 Å². The van der Waals surface area contributed by atoms with E-state index < -0.39 is 0 Å². The number of hydrogen-bond donors (Lipinski definition) is 2. The highest BCUT2D eigenvalue weighted by Crippen LogP contribution is 2.31. The number of carbonyl (C=O) groups excluding carboxylic acids is 1. The zero-order valence-electron chi connectivity index (χ0n) is 14.5. The summed E-state index contributed by atoms with van der Waals surface area (Å²) in [4.78, 5) is 25.3. The van der Waals surface area contributed by atoms with Gasteiger partial charge in [0.1, 0.15) is 0 Å². The van der Waals surface area contributed by atoms with Crippen molar-refractivity contribution in [2.24, 2.45) is 0 Å². The second-order valence-corrected chi connectivity index (χ2v) is 7.55. The summed E-state index contributed by atoms with van der Waals surface area (Å²) in [5.74, 6) is -0.0140. The number of amides is 1. The first-order chi connectivity index (χ1) is 11.5. The zero-order valence-corrected chi connectivity index (χ0v) is 16.1. The summed E-state index contributed by atoms with van der Waals surface area (Å²) < 4.78 is 1.69. The fourth-order valence-corrected chi connectivity index (χ4v) is 4.17. The first-order valence-corrected chi connectivity index (χ1v) is 9.12. The molecule has 0 saturated carbocycles. The van der Waals surface area contributed by atoms with Crippen LogP contribution in [0.3, 0.4) is 0 Å². The van der Waals surface area contributed by atoms with Crippen LogP contribution in [0.25, 0.3) is 0 Å². The fraction of sp³-hybridized carbons (Fsp3) is 0.444. The number of nitrogens with two attached hydrogens (primary N) is 1. The number of rotatable bonds is 4. The Kier molecular flexibility index (Phi) is 6.30. The van der Waals surface area contributed by atoms with Crippen LogP contribution in [0.15, 0.2) is 23.0 Å². The Morgan fingerprint density at radius 1 is 1.40 bits per heavy atom. The van der Waals surface area contributed by atoms with Gasteiger partial charge in [-0.25, -0.2) is 0 Å². The number of anilines is 1. The standard InChI is InChI=1S/C18H23N3O2S.ClH/c1-11-12(2)24-18(23)21(11)9-8-17(22)20-16-5-3-4-13-10-14(19)6-7-15(13)16;/h6-7,10,16H,3-5,8-9,19H2,1-2H3,(H,20,22);1H. The van der Waals surface area contributed by atoms with E-state index in [0.717, 1.165) is 35.5 Å². The van der Waals surface area contributed by atoms with Crippen molar-refractivity contribution in [3.8, 4) is 0 Å². The molecule has 1 atom stereocenters. The third-order valence-electron chi connectivity index (χ3n) is 4.75. The summed E-state index contributed by atoms with van der Waals surface area (Å²) in [5, 5.41) is 3.12. The minimum atomic E-state index is -0.0140. The Morgan fingerprint density at radius 3 is 2.84 bits per heavy atom. The number of hydrogen-bond acceptors (Lipinski definition) is 4. The highest BCUT2D eigenvalue weighted by Gasteiger charge is 2.22. The SMILES string of the molecule is Cc1sc(=O)n(CCC(=O)NC2CCCc3cc(N)ccc32)c1C.Cl. The molecule has 25 heavy (non-hydrogen) atoms. The zero-order chi connectivity index (χ0) is 17.3. The van der Waals surface area contributed by atoms with E-state index in [2.05, 4.69) is 5.32 Å². The largest absolute Gasteiger partial charge is 0.399 e. The lowest BCUT2D eigenvalue weighted by Crippen LogP contribution is -2.32. The third kappa shape index (κ3) is 4.25. The van der Waals surface area contributed by atoms with Gasteiger partial charge in [-0.1, -0.05) is 17.4 Å². The highest BCUT2D eigenvalue weighted by atomic mass is 35.5. The lowest BCUT2D eigenvalue weighted by Gasteiger charge is -2.26. The van der Waals surface area contributed by atoms with Gasteiger partial charge in [0, 0.05) is 29.2 Å². The van der Waals surface area contributed by atoms with Crippen LogP contribution >= 0.6 is 23.7 Å². The Bertz CT molecular complexity index is 828. The van der Waals surface area contributed by atoms with Gasteiger partial charge in [-0.2, -0.15) is 0 Å². The number of carbonyl (C=O) groups is 1. The Hall–Kier alpha value is -1.79. The minimum absolute atomic E-state index is 0. The molecule has 1 aliphatic carbocycles. The molecule has 0 bridgehead atoms. The van der Waals surface area contributed by atoms with Crippen LogP contribution in [0.4, 0.5) is 5.69 Å². The van der Waals surface area contributed by atoms with Crippen molar-refractivity contribution < 1.29 is 4.79 Å². The smallest absolute Gasteiger partial charge is 0.307 e. The van der Waals surface area contributed by atoms with Crippen molar-refractivity contribution in [3.63, 3.8) is 0 Å². The number of nitrogens with zero attached hydrogens (tertiary/aromatic N) is 1. The molecular formula is C18H24ClN3O2S. The maximum absolute atomic E-state index is 12.3. The predicted octanol–water partition coefficient (Wildman–Crippen LogP) is 3.11. The van der Waals surface area contributed by atoms with Gasteiger partial charge < -0.3 is 15.6 Å². The molecule has 5 nitrogen and oxygen atoms in total. The minimum Gasteiger partial charge on any atom is -0.399 e. The van der Waals surface area contributed by atoms with Crippen LogP contribution in [0.2, 0.25) is 0 Å². The molecule has 1 unspecified atom stereocenters. The van der Waals surface area contributed by atoms with E-state index in [-0.39, 0.29) is 29.2 Å². The van der Waals surface area contributed by atoms with E-state index in [1.165, 1.54) is 22.5 Å². The lowest BCUT2D eigenvalue weighted by molar-refractivity contribution is -0.122. The molecule has 0 radical (unpaired) electrons. The molecule has 1 aliphatic rings. The van der Waals surface area contributed by atoms with Gasteiger partial charge in [0.15, 0.2) is 0 Å². The van der Waals surface area contributed by atoms with Gasteiger partial charge in [-0.3, -0.25) is 9.59 Å². The number of aryl methyl sites for hydroxylation is 2. The van der Waals surface area contributed by atoms with Gasteiger partial charge in [0.25, 0.3) is 0 Å². The van der Waals surface area contributed by atoms with E-state index in [0.29, 0.717) is 13.0 Å². The molecule has 7 heteroatoms. The van der Waals surface area contributed by atoms with Gasteiger partial charge in [0.2, 0.25) is 5.91 Å². The number of aromatic nitrogens is 1. The molecule has 0 aliphatic heterocycles. The average molecular weight is 382 g/mol. The molecule has 3 N–H and O–H groups in total. The monoisotopic (exact) mass is 381 g/mol. The Balaban J connectivity index is 0.00000225.